The van der Waals surface area contributed by atoms with E-state index in [1.54, 1.807) is 22.9 Å². The average molecular weight is 425 g/mol. The van der Waals surface area contributed by atoms with Crippen LogP contribution in [-0.2, 0) is 21.4 Å². The van der Waals surface area contributed by atoms with Gasteiger partial charge in [-0.1, -0.05) is 31.0 Å². The summed E-state index contributed by atoms with van der Waals surface area (Å²) in [6.45, 7) is 4.65. The number of amides is 1. The van der Waals surface area contributed by atoms with E-state index in [1.165, 1.54) is 32.3 Å². The van der Waals surface area contributed by atoms with E-state index in [0.29, 0.717) is 16.4 Å². The monoisotopic (exact) mass is 424 g/mol. The Bertz CT molecular complexity index is 981. The first-order valence-electron chi connectivity index (χ1n) is 8.91. The fourth-order valence-corrected chi connectivity index (χ4v) is 3.77. The Kier molecular flexibility index (Phi) is 7.40. The highest BCUT2D eigenvalue weighted by Crippen LogP contribution is 2.22. The van der Waals surface area contributed by atoms with Crippen LogP contribution in [0, 0.1) is 6.92 Å². The van der Waals surface area contributed by atoms with E-state index in [1.807, 2.05) is 6.92 Å². The zero-order chi connectivity index (χ0) is 20.9. The number of benzene rings is 1. The Hall–Kier alpha value is -2.16. The second-order valence-corrected chi connectivity index (χ2v) is 9.01. The lowest BCUT2D eigenvalue weighted by molar-refractivity contribution is -0.111. The molecule has 2 rings (SSSR count). The van der Waals surface area contributed by atoms with Crippen molar-refractivity contribution in [2.45, 2.75) is 38.1 Å². The van der Waals surface area contributed by atoms with Crippen molar-refractivity contribution < 1.29 is 13.2 Å². The molecule has 0 atom stereocenters. The average Bonchev–Trinajstić information content (AvgIpc) is 2.91. The number of aryl methyl sites for hydroxylation is 2. The van der Waals surface area contributed by atoms with Crippen LogP contribution in [0.2, 0.25) is 5.15 Å². The van der Waals surface area contributed by atoms with Gasteiger partial charge in [0, 0.05) is 38.0 Å². The topological polar surface area (TPSA) is 84.3 Å². The lowest BCUT2D eigenvalue weighted by atomic mass is 10.2. The van der Waals surface area contributed by atoms with Crippen molar-refractivity contribution >= 4 is 39.3 Å². The quantitative estimate of drug-likeness (QED) is 0.657. The largest absolute Gasteiger partial charge is 0.322 e. The number of carbonyl (C=O) groups is 1. The molecule has 0 bridgehead atoms. The van der Waals surface area contributed by atoms with Gasteiger partial charge in [-0.3, -0.25) is 9.48 Å². The molecule has 0 radical (unpaired) electrons. The number of unbranched alkanes of at least 4 members (excludes halogenated alkanes) is 1. The Morgan fingerprint density at radius 1 is 1.36 bits per heavy atom. The summed E-state index contributed by atoms with van der Waals surface area (Å²) in [5.74, 6) is -0.392. The van der Waals surface area contributed by atoms with Crippen molar-refractivity contribution in [1.82, 2.24) is 14.1 Å². The Balaban J connectivity index is 2.14. The maximum atomic E-state index is 12.3. The molecule has 2 aromatic rings. The number of aromatic nitrogens is 2. The maximum absolute atomic E-state index is 12.3. The predicted octanol–water partition coefficient (Wildman–Crippen LogP) is 3.55. The van der Waals surface area contributed by atoms with Crippen LogP contribution < -0.4 is 5.32 Å². The molecular weight excluding hydrogens is 400 g/mol. The number of halogens is 1. The summed E-state index contributed by atoms with van der Waals surface area (Å²) in [4.78, 5) is 12.4. The Morgan fingerprint density at radius 3 is 2.71 bits per heavy atom. The number of hydrogen-bond donors (Lipinski definition) is 1. The van der Waals surface area contributed by atoms with Crippen molar-refractivity contribution in [2.24, 2.45) is 0 Å². The minimum atomic E-state index is -3.57. The third kappa shape index (κ3) is 5.21. The number of nitrogens with one attached hydrogen (secondary N) is 1. The summed E-state index contributed by atoms with van der Waals surface area (Å²) in [6, 6.07) is 6.10. The highest BCUT2D eigenvalue weighted by molar-refractivity contribution is 7.89. The van der Waals surface area contributed by atoms with Gasteiger partial charge in [-0.25, -0.2) is 12.7 Å². The van der Waals surface area contributed by atoms with Gasteiger partial charge in [-0.05, 0) is 37.6 Å². The molecule has 1 heterocycles. The van der Waals surface area contributed by atoms with Crippen molar-refractivity contribution in [3.63, 3.8) is 0 Å². The van der Waals surface area contributed by atoms with Crippen molar-refractivity contribution in [3.8, 4) is 0 Å². The molecule has 0 unspecified atom stereocenters. The molecule has 0 aliphatic heterocycles. The molecule has 0 aliphatic carbocycles. The van der Waals surface area contributed by atoms with E-state index >= 15 is 0 Å². The summed E-state index contributed by atoms with van der Waals surface area (Å²) < 4.78 is 27.3. The second kappa shape index (κ2) is 9.36. The molecule has 0 fully saturated rings. The summed E-state index contributed by atoms with van der Waals surface area (Å²) >= 11 is 6.36. The van der Waals surface area contributed by atoms with E-state index in [2.05, 4.69) is 17.3 Å². The fourth-order valence-electron chi connectivity index (χ4n) is 2.50. The number of sulfonamides is 1. The van der Waals surface area contributed by atoms with Crippen LogP contribution in [0.3, 0.4) is 0 Å². The molecule has 7 nitrogen and oxygen atoms in total. The lowest BCUT2D eigenvalue weighted by Gasteiger charge is -2.12. The Labute approximate surface area is 171 Å². The highest BCUT2D eigenvalue weighted by Gasteiger charge is 2.17. The molecule has 1 aromatic carbocycles. The molecule has 0 saturated heterocycles. The van der Waals surface area contributed by atoms with E-state index in [4.69, 9.17) is 11.6 Å². The van der Waals surface area contributed by atoms with Gasteiger partial charge in [-0.2, -0.15) is 5.10 Å². The Morgan fingerprint density at radius 2 is 2.07 bits per heavy atom. The summed E-state index contributed by atoms with van der Waals surface area (Å²) in [7, 11) is -0.662. The minimum absolute atomic E-state index is 0.107. The molecule has 152 valence electrons. The molecule has 1 N–H and O–H groups in total. The number of nitrogens with zero attached hydrogens (tertiary/aromatic N) is 3. The van der Waals surface area contributed by atoms with Crippen molar-refractivity contribution in [1.29, 1.82) is 0 Å². The van der Waals surface area contributed by atoms with Crippen LogP contribution in [0.4, 0.5) is 5.69 Å². The van der Waals surface area contributed by atoms with Gasteiger partial charge in [0.05, 0.1) is 10.6 Å². The van der Waals surface area contributed by atoms with Gasteiger partial charge < -0.3 is 5.32 Å². The second-order valence-electron chi connectivity index (χ2n) is 6.50. The molecule has 9 heteroatoms. The third-order valence-electron chi connectivity index (χ3n) is 4.11. The van der Waals surface area contributed by atoms with Gasteiger partial charge >= 0.3 is 0 Å². The molecule has 0 spiro atoms. The first-order chi connectivity index (χ1) is 13.2. The zero-order valence-corrected chi connectivity index (χ0v) is 18.0. The van der Waals surface area contributed by atoms with Gasteiger partial charge in [0.25, 0.3) is 0 Å². The van der Waals surface area contributed by atoms with Crippen LogP contribution >= 0.6 is 11.6 Å². The van der Waals surface area contributed by atoms with E-state index in [9.17, 15) is 13.2 Å². The van der Waals surface area contributed by atoms with Crippen LogP contribution in [-0.4, -0.2) is 42.5 Å². The normalized spacial score (nSPS) is 12.1. The molecule has 1 amide bonds. The standard InChI is InChI=1S/C19H25ClN4O3S/c1-5-6-12-24-19(20)17(14(2)22-24)10-11-18(25)21-15-8-7-9-16(13-15)28(26,27)23(3)4/h7-11,13H,5-6,12H2,1-4H3,(H,21,25)/b11-10+. The number of anilines is 1. The van der Waals surface area contributed by atoms with Crippen molar-refractivity contribution in [2.75, 3.05) is 19.4 Å². The highest BCUT2D eigenvalue weighted by atomic mass is 35.5. The first kappa shape index (κ1) is 22.1. The fraction of sp³-hybridized carbons (Fsp3) is 0.368. The summed E-state index contributed by atoms with van der Waals surface area (Å²) in [5.41, 5.74) is 1.82. The van der Waals surface area contributed by atoms with E-state index in [-0.39, 0.29) is 4.90 Å². The molecule has 1 aromatic heterocycles. The number of hydrogen-bond acceptors (Lipinski definition) is 4. The maximum Gasteiger partial charge on any atom is 0.248 e. The van der Waals surface area contributed by atoms with Gasteiger partial charge in [-0.15, -0.1) is 0 Å². The van der Waals surface area contributed by atoms with Crippen molar-refractivity contribution in [3.05, 3.63) is 46.8 Å². The van der Waals surface area contributed by atoms with Crippen LogP contribution in [0.1, 0.15) is 31.0 Å². The lowest BCUT2D eigenvalue weighted by Crippen LogP contribution is -2.22. The van der Waals surface area contributed by atoms with Crippen LogP contribution in [0.25, 0.3) is 6.08 Å². The van der Waals surface area contributed by atoms with Crippen LogP contribution in [0.15, 0.2) is 35.2 Å². The first-order valence-corrected chi connectivity index (χ1v) is 10.7. The SMILES string of the molecule is CCCCn1nc(C)c(/C=C/C(=O)Nc2cccc(S(=O)(=O)N(C)C)c2)c1Cl. The molecule has 0 saturated carbocycles. The van der Waals surface area contributed by atoms with Gasteiger partial charge in [0.2, 0.25) is 15.9 Å². The smallest absolute Gasteiger partial charge is 0.248 e. The molecule has 0 aliphatic rings. The van der Waals surface area contributed by atoms with Crippen LogP contribution in [0.5, 0.6) is 0 Å². The molecule has 28 heavy (non-hydrogen) atoms. The van der Waals surface area contributed by atoms with Gasteiger partial charge in [0.1, 0.15) is 5.15 Å². The number of carbonyl (C=O) groups excluding carboxylic acids is 1. The third-order valence-corrected chi connectivity index (χ3v) is 6.32. The van der Waals surface area contributed by atoms with E-state index in [0.717, 1.165) is 29.4 Å². The summed E-state index contributed by atoms with van der Waals surface area (Å²) in [6.07, 6.45) is 4.97. The molecular formula is C19H25ClN4O3S. The minimum Gasteiger partial charge on any atom is -0.322 e. The predicted molar refractivity (Wildman–Crippen MR) is 112 cm³/mol. The summed E-state index contributed by atoms with van der Waals surface area (Å²) in [5, 5.41) is 7.55. The van der Waals surface area contributed by atoms with E-state index < -0.39 is 15.9 Å². The zero-order valence-electron chi connectivity index (χ0n) is 16.4. The van der Waals surface area contributed by atoms with Gasteiger partial charge in [0.15, 0.2) is 0 Å². The number of rotatable bonds is 8.